The number of hydrogen-bond acceptors (Lipinski definition) is 4. The van der Waals surface area contributed by atoms with Crippen molar-refractivity contribution in [3.8, 4) is 0 Å². The average Bonchev–Trinajstić information content (AvgIpc) is 2.74. The first-order chi connectivity index (χ1) is 14.7. The normalized spacial score (nSPS) is 19.1. The number of benzene rings is 1. The molecular weight excluding hydrogens is 394 g/mol. The van der Waals surface area contributed by atoms with E-state index in [1.54, 1.807) is 4.90 Å². The molecule has 3 amide bonds. The first-order valence-corrected chi connectivity index (χ1v) is 11.3. The van der Waals surface area contributed by atoms with Gasteiger partial charge in [0.05, 0.1) is 0 Å². The molecule has 1 aromatic rings. The highest BCUT2D eigenvalue weighted by Crippen LogP contribution is 2.29. The summed E-state index contributed by atoms with van der Waals surface area (Å²) >= 11 is 0. The fourth-order valence-corrected chi connectivity index (χ4v) is 4.26. The third-order valence-electron chi connectivity index (χ3n) is 5.88. The molecule has 0 spiro atoms. The number of carbonyl (C=O) groups is 3. The lowest BCUT2D eigenvalue weighted by atomic mass is 9.94. The van der Waals surface area contributed by atoms with Gasteiger partial charge < -0.3 is 19.9 Å². The van der Waals surface area contributed by atoms with Gasteiger partial charge in [0.2, 0.25) is 11.8 Å². The Bertz CT molecular complexity index is 767. The molecular formula is C24H35N3O4. The van der Waals surface area contributed by atoms with Gasteiger partial charge in [-0.25, -0.2) is 4.79 Å². The molecule has 1 unspecified atom stereocenters. The highest BCUT2D eigenvalue weighted by Gasteiger charge is 2.36. The van der Waals surface area contributed by atoms with E-state index in [0.717, 1.165) is 31.2 Å². The van der Waals surface area contributed by atoms with Gasteiger partial charge in [-0.15, -0.1) is 0 Å². The van der Waals surface area contributed by atoms with Crippen molar-refractivity contribution in [3.05, 3.63) is 35.9 Å². The zero-order chi connectivity index (χ0) is 22.4. The number of nitrogens with zero attached hydrogens (tertiary/aromatic N) is 2. The maximum atomic E-state index is 13.5. The van der Waals surface area contributed by atoms with Crippen LogP contribution < -0.4 is 5.32 Å². The highest BCUT2D eigenvalue weighted by molar-refractivity contribution is 5.89. The van der Waals surface area contributed by atoms with Crippen molar-refractivity contribution in [3.63, 3.8) is 0 Å². The Hall–Kier alpha value is -2.57. The Morgan fingerprint density at radius 1 is 1.10 bits per heavy atom. The third-order valence-corrected chi connectivity index (χ3v) is 5.88. The summed E-state index contributed by atoms with van der Waals surface area (Å²) in [4.78, 5) is 41.6. The van der Waals surface area contributed by atoms with Crippen LogP contribution >= 0.6 is 0 Å². The molecule has 2 aliphatic heterocycles. The Morgan fingerprint density at radius 3 is 2.39 bits per heavy atom. The Balaban J connectivity index is 1.59. The molecule has 1 aromatic carbocycles. The van der Waals surface area contributed by atoms with Gasteiger partial charge in [0.1, 0.15) is 11.6 Å². The van der Waals surface area contributed by atoms with Crippen LogP contribution in [0.15, 0.2) is 30.3 Å². The maximum absolute atomic E-state index is 13.5. The number of ether oxygens (including phenoxy) is 1. The van der Waals surface area contributed by atoms with Gasteiger partial charge in [-0.05, 0) is 57.9 Å². The van der Waals surface area contributed by atoms with Crippen LogP contribution in [0.5, 0.6) is 0 Å². The van der Waals surface area contributed by atoms with Crippen molar-refractivity contribution in [2.45, 2.75) is 64.5 Å². The van der Waals surface area contributed by atoms with Gasteiger partial charge >= 0.3 is 6.09 Å². The van der Waals surface area contributed by atoms with Crippen molar-refractivity contribution < 1.29 is 19.1 Å². The number of rotatable bonds is 5. The molecule has 7 heteroatoms. The molecule has 2 fully saturated rings. The van der Waals surface area contributed by atoms with Gasteiger partial charge in [0.15, 0.2) is 0 Å². The lowest BCUT2D eigenvalue weighted by Crippen LogP contribution is -2.49. The molecule has 2 saturated heterocycles. The van der Waals surface area contributed by atoms with Crippen molar-refractivity contribution in [1.82, 2.24) is 15.1 Å². The zero-order valence-corrected chi connectivity index (χ0v) is 18.9. The molecule has 2 aliphatic rings. The summed E-state index contributed by atoms with van der Waals surface area (Å²) in [5, 5.41) is 2.84. The number of hydrogen-bond donors (Lipinski definition) is 1. The van der Waals surface area contributed by atoms with E-state index in [9.17, 15) is 14.4 Å². The number of amides is 3. The Morgan fingerprint density at radius 2 is 1.77 bits per heavy atom. The lowest BCUT2D eigenvalue weighted by molar-refractivity contribution is -0.148. The maximum Gasteiger partial charge on any atom is 0.407 e. The number of nitrogens with one attached hydrogen (secondary N) is 1. The first kappa shape index (κ1) is 23.1. The fraction of sp³-hybridized carbons (Fsp3) is 0.625. The highest BCUT2D eigenvalue weighted by atomic mass is 16.6. The minimum absolute atomic E-state index is 0.00000137. The predicted octanol–water partition coefficient (Wildman–Crippen LogP) is 3.50. The first-order valence-electron chi connectivity index (χ1n) is 11.3. The third kappa shape index (κ3) is 6.45. The predicted molar refractivity (Wildman–Crippen MR) is 118 cm³/mol. The van der Waals surface area contributed by atoms with Gasteiger partial charge in [0.25, 0.3) is 0 Å². The number of alkyl carbamates (subject to hydrolysis) is 1. The van der Waals surface area contributed by atoms with Gasteiger partial charge in [-0.3, -0.25) is 9.59 Å². The molecule has 170 valence electrons. The van der Waals surface area contributed by atoms with Crippen LogP contribution in [0.25, 0.3) is 0 Å². The van der Waals surface area contributed by atoms with E-state index in [1.165, 1.54) is 0 Å². The van der Waals surface area contributed by atoms with E-state index < -0.39 is 17.7 Å². The van der Waals surface area contributed by atoms with E-state index in [1.807, 2.05) is 56.0 Å². The summed E-state index contributed by atoms with van der Waals surface area (Å²) in [6.45, 7) is 7.95. The second-order valence-electron chi connectivity index (χ2n) is 9.51. The largest absolute Gasteiger partial charge is 0.444 e. The number of likely N-dealkylation sites (tertiary alicyclic amines) is 2. The summed E-state index contributed by atoms with van der Waals surface area (Å²) in [5.41, 5.74) is 0.356. The quantitative estimate of drug-likeness (QED) is 0.777. The summed E-state index contributed by atoms with van der Waals surface area (Å²) < 4.78 is 5.29. The molecule has 0 saturated carbocycles. The van der Waals surface area contributed by atoms with E-state index in [4.69, 9.17) is 4.74 Å². The molecule has 1 N–H and O–H groups in total. The molecule has 2 heterocycles. The summed E-state index contributed by atoms with van der Waals surface area (Å²) in [6, 6.07) is 9.07. The van der Waals surface area contributed by atoms with Crippen LogP contribution in [-0.4, -0.2) is 59.5 Å². The van der Waals surface area contributed by atoms with Crippen LogP contribution in [0.2, 0.25) is 0 Å². The van der Waals surface area contributed by atoms with Crippen LogP contribution in [0.1, 0.15) is 64.5 Å². The Kier molecular flexibility index (Phi) is 7.57. The van der Waals surface area contributed by atoms with Gasteiger partial charge in [-0.1, -0.05) is 30.3 Å². The second-order valence-corrected chi connectivity index (χ2v) is 9.51. The molecule has 0 radical (unpaired) electrons. The van der Waals surface area contributed by atoms with Crippen LogP contribution in [0.4, 0.5) is 4.79 Å². The van der Waals surface area contributed by atoms with E-state index in [2.05, 4.69) is 5.32 Å². The SMILES string of the molecule is CC(C)(C)OC(=O)NCC1CCN(C(=O)C(c2ccccc2)N2CCCCC2=O)CC1. The second kappa shape index (κ2) is 10.2. The number of carbonyl (C=O) groups excluding carboxylic acids is 3. The van der Waals surface area contributed by atoms with Crippen LogP contribution in [-0.2, 0) is 14.3 Å². The molecule has 0 aromatic heterocycles. The van der Waals surface area contributed by atoms with Crippen LogP contribution in [0, 0.1) is 5.92 Å². The van der Waals surface area contributed by atoms with Crippen molar-refractivity contribution in [2.75, 3.05) is 26.2 Å². The average molecular weight is 430 g/mol. The van der Waals surface area contributed by atoms with Crippen molar-refractivity contribution >= 4 is 17.9 Å². The fourth-order valence-electron chi connectivity index (χ4n) is 4.26. The Labute approximate surface area is 185 Å². The van der Waals surface area contributed by atoms with Crippen LogP contribution in [0.3, 0.4) is 0 Å². The van der Waals surface area contributed by atoms with E-state index >= 15 is 0 Å². The molecule has 7 nitrogen and oxygen atoms in total. The monoisotopic (exact) mass is 429 g/mol. The van der Waals surface area contributed by atoms with Gasteiger partial charge in [0, 0.05) is 32.6 Å². The topological polar surface area (TPSA) is 79.0 Å². The summed E-state index contributed by atoms with van der Waals surface area (Å²) in [7, 11) is 0. The minimum Gasteiger partial charge on any atom is -0.444 e. The molecule has 3 rings (SSSR count). The van der Waals surface area contributed by atoms with Crippen molar-refractivity contribution in [2.24, 2.45) is 5.92 Å². The standard InChI is InChI=1S/C24H35N3O4/c1-24(2,3)31-23(30)25-17-18-12-15-26(16-13-18)22(29)21(19-9-5-4-6-10-19)27-14-8-7-11-20(27)28/h4-6,9-10,18,21H,7-8,11-17H2,1-3H3,(H,25,30). The zero-order valence-electron chi connectivity index (χ0n) is 18.9. The molecule has 0 aliphatic carbocycles. The van der Waals surface area contributed by atoms with E-state index in [-0.39, 0.29) is 11.8 Å². The smallest absolute Gasteiger partial charge is 0.407 e. The lowest BCUT2D eigenvalue weighted by Gasteiger charge is -2.39. The summed E-state index contributed by atoms with van der Waals surface area (Å²) in [5.74, 6) is 0.369. The molecule has 31 heavy (non-hydrogen) atoms. The summed E-state index contributed by atoms with van der Waals surface area (Å²) in [6.07, 6.45) is 3.56. The van der Waals surface area contributed by atoms with Crippen molar-refractivity contribution in [1.29, 1.82) is 0 Å². The molecule has 1 atom stereocenters. The molecule has 0 bridgehead atoms. The van der Waals surface area contributed by atoms with E-state index in [0.29, 0.717) is 38.5 Å². The minimum atomic E-state index is -0.551. The van der Waals surface area contributed by atoms with Gasteiger partial charge in [-0.2, -0.15) is 0 Å². The number of piperidine rings is 2.